The Morgan fingerprint density at radius 1 is 0.759 bits per heavy atom. The Hall–Kier alpha value is -3.20. The summed E-state index contributed by atoms with van der Waals surface area (Å²) in [6, 6.07) is 25.4. The van der Waals surface area contributed by atoms with Crippen molar-refractivity contribution in [2.24, 2.45) is 0 Å². The summed E-state index contributed by atoms with van der Waals surface area (Å²) in [5.74, 6) is -0.328. The summed E-state index contributed by atoms with van der Waals surface area (Å²) in [6.45, 7) is 0. The van der Waals surface area contributed by atoms with Crippen LogP contribution in [0.5, 0.6) is 0 Å². The largest absolute Gasteiger partial charge is 0.367 e. The lowest BCUT2D eigenvalue weighted by atomic mass is 9.96. The van der Waals surface area contributed by atoms with Gasteiger partial charge in [-0.3, -0.25) is 0 Å². The van der Waals surface area contributed by atoms with Crippen molar-refractivity contribution in [3.63, 3.8) is 0 Å². The predicted molar refractivity (Wildman–Crippen MR) is 119 cm³/mol. The van der Waals surface area contributed by atoms with Crippen molar-refractivity contribution in [3.8, 4) is 11.1 Å². The number of hydrogen-bond donors (Lipinski definition) is 2. The number of hydrogen-bond acceptors (Lipinski definition) is 2. The van der Waals surface area contributed by atoms with E-state index < -0.39 is 6.29 Å². The highest BCUT2D eigenvalue weighted by atomic mass is 16.5. The molecule has 1 unspecified atom stereocenters. The average molecular weight is 378 g/mol. The van der Waals surface area contributed by atoms with Crippen molar-refractivity contribution in [1.29, 1.82) is 0 Å². The van der Waals surface area contributed by atoms with Crippen molar-refractivity contribution in [2.45, 2.75) is 18.6 Å². The third-order valence-electron chi connectivity index (χ3n) is 5.82. The van der Waals surface area contributed by atoms with Gasteiger partial charge in [-0.15, -0.1) is 0 Å². The van der Waals surface area contributed by atoms with Gasteiger partial charge in [0.05, 0.1) is 5.92 Å². The Bertz CT molecular complexity index is 1130. The Morgan fingerprint density at radius 3 is 2.21 bits per heavy atom. The van der Waals surface area contributed by atoms with Crippen LogP contribution in [0.2, 0.25) is 0 Å². The first kappa shape index (κ1) is 17.9. The third-order valence-corrected chi connectivity index (χ3v) is 5.82. The molecule has 0 radical (unpaired) electrons. The summed E-state index contributed by atoms with van der Waals surface area (Å²) in [6.07, 6.45) is 7.93. The second-order valence-electron chi connectivity index (χ2n) is 7.62. The Kier molecular flexibility index (Phi) is 4.51. The highest BCUT2D eigenvalue weighted by molar-refractivity contribution is 5.90. The molecule has 3 aromatic carbocycles. The molecule has 0 aromatic heterocycles. The lowest BCUT2D eigenvalue weighted by Gasteiger charge is -2.13. The molecule has 2 nitrogen and oxygen atoms in total. The lowest BCUT2D eigenvalue weighted by molar-refractivity contribution is -0.0490. The van der Waals surface area contributed by atoms with Crippen LogP contribution in [0.3, 0.4) is 0 Å². The van der Waals surface area contributed by atoms with Crippen LogP contribution in [0.4, 0.5) is 0 Å². The van der Waals surface area contributed by atoms with Crippen LogP contribution in [-0.4, -0.2) is 16.5 Å². The Morgan fingerprint density at radius 2 is 1.45 bits per heavy atom. The minimum Gasteiger partial charge on any atom is -0.367 e. The molecule has 0 bridgehead atoms. The van der Waals surface area contributed by atoms with Gasteiger partial charge in [0.1, 0.15) is 0 Å². The quantitative estimate of drug-likeness (QED) is 0.576. The molecule has 2 aliphatic rings. The molecule has 0 saturated carbocycles. The third kappa shape index (κ3) is 3.38. The molecule has 0 amide bonds. The van der Waals surface area contributed by atoms with E-state index in [2.05, 4.69) is 72.8 Å². The zero-order valence-corrected chi connectivity index (χ0v) is 16.0. The molecule has 5 rings (SSSR count). The van der Waals surface area contributed by atoms with Gasteiger partial charge >= 0.3 is 0 Å². The lowest BCUT2D eigenvalue weighted by Crippen LogP contribution is -2.14. The zero-order valence-electron chi connectivity index (χ0n) is 16.0. The van der Waals surface area contributed by atoms with Gasteiger partial charge in [0.2, 0.25) is 0 Å². The van der Waals surface area contributed by atoms with Crippen LogP contribution in [-0.2, 0) is 0 Å². The molecule has 1 atom stereocenters. The van der Waals surface area contributed by atoms with Gasteiger partial charge < -0.3 is 10.2 Å². The first-order chi connectivity index (χ1) is 14.2. The molecule has 0 heterocycles. The maximum Gasteiger partial charge on any atom is 0.161 e. The highest BCUT2D eigenvalue weighted by Crippen LogP contribution is 2.37. The number of aliphatic hydroxyl groups excluding tert-OH is 1. The molecule has 29 heavy (non-hydrogen) atoms. The van der Waals surface area contributed by atoms with Gasteiger partial charge in [-0.05, 0) is 57.0 Å². The smallest absolute Gasteiger partial charge is 0.161 e. The monoisotopic (exact) mass is 378 g/mol. The summed E-state index contributed by atoms with van der Waals surface area (Å²) >= 11 is 0. The summed E-state index contributed by atoms with van der Waals surface area (Å²) in [5.41, 5.74) is 9.45. The van der Waals surface area contributed by atoms with Crippen molar-refractivity contribution in [3.05, 3.63) is 113 Å². The summed E-state index contributed by atoms with van der Waals surface area (Å²) < 4.78 is 0. The number of allylic oxidation sites excluding steroid dienone is 4. The van der Waals surface area contributed by atoms with E-state index in [4.69, 9.17) is 0 Å². The van der Waals surface area contributed by atoms with Gasteiger partial charge in [-0.25, -0.2) is 0 Å². The van der Waals surface area contributed by atoms with Crippen LogP contribution in [0, 0.1) is 0 Å². The van der Waals surface area contributed by atoms with E-state index >= 15 is 0 Å². The van der Waals surface area contributed by atoms with Crippen LogP contribution < -0.4 is 0 Å². The van der Waals surface area contributed by atoms with E-state index in [1.165, 1.54) is 27.8 Å². The minimum absolute atomic E-state index is 0.328. The van der Waals surface area contributed by atoms with Crippen LogP contribution in [0.15, 0.2) is 91.0 Å². The molecule has 142 valence electrons. The topological polar surface area (TPSA) is 40.5 Å². The number of benzene rings is 3. The molecule has 0 spiro atoms. The predicted octanol–water partition coefficient (Wildman–Crippen LogP) is 5.65. The fraction of sp³-hybridized carbons (Fsp3) is 0.111. The van der Waals surface area contributed by atoms with E-state index in [1.54, 1.807) is 0 Å². The van der Waals surface area contributed by atoms with E-state index in [9.17, 15) is 10.2 Å². The maximum atomic E-state index is 9.52. The molecule has 2 aliphatic carbocycles. The first-order valence-electron chi connectivity index (χ1n) is 9.94. The van der Waals surface area contributed by atoms with Crippen molar-refractivity contribution in [1.82, 2.24) is 0 Å². The van der Waals surface area contributed by atoms with Crippen molar-refractivity contribution in [2.75, 3.05) is 0 Å². The molecule has 0 aliphatic heterocycles. The summed E-state index contributed by atoms with van der Waals surface area (Å²) in [5, 5.41) is 19.0. The molecule has 2 N–H and O–H groups in total. The van der Waals surface area contributed by atoms with Crippen LogP contribution >= 0.6 is 0 Å². The summed E-state index contributed by atoms with van der Waals surface area (Å²) in [7, 11) is 0. The van der Waals surface area contributed by atoms with Crippen LogP contribution in [0.25, 0.3) is 28.3 Å². The molecular formula is C27H22O2. The molecule has 0 fully saturated rings. The standard InChI is InChI=1S/C27H22O2/c28-27(29)26-15-13-24-17-23(12-14-25(24)26)22-11-10-21(16-22)20-8-6-19(7-9-20)18-4-2-1-3-5-18/h1-9,11-17,26-29H,10H2. The Balaban J connectivity index is 1.38. The maximum absolute atomic E-state index is 9.52. The molecule has 3 aromatic rings. The fourth-order valence-electron chi connectivity index (χ4n) is 4.21. The number of fused-ring (bicyclic) bond motifs is 1. The fourth-order valence-corrected chi connectivity index (χ4v) is 4.21. The van der Waals surface area contributed by atoms with Gasteiger partial charge in [0, 0.05) is 0 Å². The van der Waals surface area contributed by atoms with Crippen molar-refractivity contribution < 1.29 is 10.2 Å². The van der Waals surface area contributed by atoms with E-state index in [1.807, 2.05) is 24.3 Å². The van der Waals surface area contributed by atoms with E-state index in [0.29, 0.717) is 0 Å². The number of rotatable bonds is 4. The second kappa shape index (κ2) is 7.32. The Labute approximate surface area is 170 Å². The van der Waals surface area contributed by atoms with Crippen LogP contribution in [0.1, 0.15) is 34.6 Å². The van der Waals surface area contributed by atoms with E-state index in [0.717, 1.165) is 23.1 Å². The molecular weight excluding hydrogens is 356 g/mol. The first-order valence-corrected chi connectivity index (χ1v) is 9.94. The van der Waals surface area contributed by atoms with Crippen molar-refractivity contribution >= 4 is 17.2 Å². The second-order valence-corrected chi connectivity index (χ2v) is 7.62. The van der Waals surface area contributed by atoms with Gasteiger partial charge in [-0.2, -0.15) is 0 Å². The summed E-state index contributed by atoms with van der Waals surface area (Å²) in [4.78, 5) is 0. The SMILES string of the molecule is OC(O)C1C=Cc2cc(C3=CCC(c4ccc(-c5ccccc5)cc4)=C3)ccc21. The average Bonchev–Trinajstić information content (AvgIpc) is 3.41. The molecule has 2 heteroatoms. The van der Waals surface area contributed by atoms with Gasteiger partial charge in [-0.1, -0.05) is 91.0 Å². The minimum atomic E-state index is -1.35. The van der Waals surface area contributed by atoms with E-state index in [-0.39, 0.29) is 5.92 Å². The molecule has 0 saturated heterocycles. The van der Waals surface area contributed by atoms with Gasteiger partial charge in [0.15, 0.2) is 6.29 Å². The highest BCUT2D eigenvalue weighted by Gasteiger charge is 2.23. The number of aliphatic hydroxyl groups is 2. The normalized spacial score (nSPS) is 17.4. The zero-order chi connectivity index (χ0) is 19.8. The van der Waals surface area contributed by atoms with Gasteiger partial charge in [0.25, 0.3) is 0 Å².